The predicted octanol–water partition coefficient (Wildman–Crippen LogP) is -1.21. The number of nitrogens with one attached hydrogen (secondary N) is 2. The lowest BCUT2D eigenvalue weighted by atomic mass is 10.2. The van der Waals surface area contributed by atoms with Gasteiger partial charge in [0.05, 0.1) is 26.2 Å². The molecule has 2 N–H and O–H groups in total. The summed E-state index contributed by atoms with van der Waals surface area (Å²) in [5.41, 5.74) is 0. The lowest BCUT2D eigenvalue weighted by molar-refractivity contribution is -0.917. The van der Waals surface area contributed by atoms with Gasteiger partial charge in [0.15, 0.2) is 10.9 Å². The van der Waals surface area contributed by atoms with E-state index in [1.54, 1.807) is 6.92 Å². The Bertz CT molecular complexity index is 836. The monoisotopic (exact) mass is 403 g/mol. The highest BCUT2D eigenvalue weighted by Crippen LogP contribution is 2.22. The van der Waals surface area contributed by atoms with Crippen LogP contribution < -0.4 is 10.2 Å². The van der Waals surface area contributed by atoms with Gasteiger partial charge in [0.1, 0.15) is 11.6 Å². The summed E-state index contributed by atoms with van der Waals surface area (Å²) in [4.78, 5) is 25.1. The number of rotatable bonds is 4. The molecule has 0 unspecified atom stereocenters. The SMILES string of the molecule is C[C@@H](C(=O)N1CCNC1=O)[NH+]1CCN(S(=O)(=O)c2c(F)cccc2F)CC1. The zero-order valence-corrected chi connectivity index (χ0v) is 15.6. The van der Waals surface area contributed by atoms with Crippen molar-refractivity contribution in [1.29, 1.82) is 0 Å². The summed E-state index contributed by atoms with van der Waals surface area (Å²) in [5, 5.41) is 2.56. The quantitative estimate of drug-likeness (QED) is 0.661. The van der Waals surface area contributed by atoms with E-state index in [2.05, 4.69) is 5.32 Å². The summed E-state index contributed by atoms with van der Waals surface area (Å²) in [6.07, 6.45) is 0. The number of piperazine rings is 1. The molecule has 2 aliphatic rings. The molecule has 3 rings (SSSR count). The zero-order valence-electron chi connectivity index (χ0n) is 14.7. The van der Waals surface area contributed by atoms with Crippen LogP contribution in [0.1, 0.15) is 6.92 Å². The highest BCUT2D eigenvalue weighted by atomic mass is 32.2. The molecule has 2 heterocycles. The molecule has 2 saturated heterocycles. The Hall–Kier alpha value is -2.11. The molecule has 2 aliphatic heterocycles. The largest absolute Gasteiger partial charge is 0.336 e. The normalized spacial score (nSPS) is 20.6. The molecule has 0 aromatic heterocycles. The fraction of sp³-hybridized carbons (Fsp3) is 0.500. The minimum absolute atomic E-state index is 0.0231. The molecule has 1 aromatic carbocycles. The first-order valence-corrected chi connectivity index (χ1v) is 10.1. The van der Waals surface area contributed by atoms with Crippen molar-refractivity contribution in [1.82, 2.24) is 14.5 Å². The average Bonchev–Trinajstić information content (AvgIpc) is 3.06. The number of hydrogen-bond donors (Lipinski definition) is 2. The molecular weight excluding hydrogens is 382 g/mol. The van der Waals surface area contributed by atoms with Crippen molar-refractivity contribution in [2.45, 2.75) is 17.9 Å². The standard InChI is InChI=1S/C16H20F2N4O4S/c1-11(15(23)22-6-5-19-16(22)24)20-7-9-21(10-8-20)27(25,26)14-12(17)3-2-4-13(14)18/h2-4,11H,5-10H2,1H3,(H,19,24)/p+1/t11-/m0/s1. The van der Waals surface area contributed by atoms with E-state index in [0.717, 1.165) is 32.3 Å². The average molecular weight is 403 g/mol. The van der Waals surface area contributed by atoms with Gasteiger partial charge >= 0.3 is 6.03 Å². The second kappa shape index (κ2) is 7.49. The van der Waals surface area contributed by atoms with E-state index in [0.29, 0.717) is 13.1 Å². The van der Waals surface area contributed by atoms with E-state index >= 15 is 0 Å². The molecule has 2 fully saturated rings. The van der Waals surface area contributed by atoms with Gasteiger partial charge in [-0.3, -0.25) is 9.69 Å². The van der Waals surface area contributed by atoms with E-state index in [1.165, 1.54) is 0 Å². The Morgan fingerprint density at radius 3 is 2.30 bits per heavy atom. The molecule has 0 saturated carbocycles. The first kappa shape index (κ1) is 19.6. The molecule has 0 bridgehead atoms. The van der Waals surface area contributed by atoms with Crippen molar-refractivity contribution < 1.29 is 31.7 Å². The predicted molar refractivity (Wildman–Crippen MR) is 90.4 cm³/mol. The van der Waals surface area contributed by atoms with Crippen molar-refractivity contribution in [3.8, 4) is 0 Å². The van der Waals surface area contributed by atoms with E-state index in [-0.39, 0.29) is 32.1 Å². The van der Waals surface area contributed by atoms with Gasteiger partial charge in [0.2, 0.25) is 10.0 Å². The van der Waals surface area contributed by atoms with Crippen LogP contribution >= 0.6 is 0 Å². The van der Waals surface area contributed by atoms with Crippen LogP contribution in [-0.2, 0) is 14.8 Å². The molecule has 27 heavy (non-hydrogen) atoms. The highest BCUT2D eigenvalue weighted by molar-refractivity contribution is 7.89. The van der Waals surface area contributed by atoms with Gasteiger partial charge in [0.25, 0.3) is 5.91 Å². The van der Waals surface area contributed by atoms with Crippen LogP contribution in [0.4, 0.5) is 13.6 Å². The Morgan fingerprint density at radius 2 is 1.78 bits per heavy atom. The molecule has 0 spiro atoms. The Labute approximate surface area is 155 Å². The van der Waals surface area contributed by atoms with Crippen LogP contribution in [0, 0.1) is 11.6 Å². The number of halogens is 2. The highest BCUT2D eigenvalue weighted by Gasteiger charge is 2.39. The van der Waals surface area contributed by atoms with Gasteiger partial charge in [-0.1, -0.05) is 6.07 Å². The number of sulfonamides is 1. The van der Waals surface area contributed by atoms with Gasteiger partial charge in [-0.2, -0.15) is 4.31 Å². The topological polar surface area (TPSA) is 91.2 Å². The van der Waals surface area contributed by atoms with E-state index < -0.39 is 38.6 Å². The molecule has 8 nitrogen and oxygen atoms in total. The smallest absolute Gasteiger partial charge is 0.324 e. The number of quaternary nitrogens is 1. The molecule has 3 amide bonds. The molecule has 148 valence electrons. The number of carbonyl (C=O) groups excluding carboxylic acids is 2. The van der Waals surface area contributed by atoms with Gasteiger partial charge in [0, 0.05) is 13.1 Å². The molecule has 11 heteroatoms. The molecule has 0 radical (unpaired) electrons. The number of hydrogen-bond acceptors (Lipinski definition) is 4. The van der Waals surface area contributed by atoms with E-state index in [4.69, 9.17) is 0 Å². The number of urea groups is 1. The maximum Gasteiger partial charge on any atom is 0.324 e. The first-order valence-electron chi connectivity index (χ1n) is 8.61. The summed E-state index contributed by atoms with van der Waals surface area (Å²) in [5.74, 6) is -2.59. The third-order valence-corrected chi connectivity index (χ3v) is 6.94. The first-order chi connectivity index (χ1) is 12.7. The van der Waals surface area contributed by atoms with Crippen LogP contribution in [-0.4, -0.2) is 74.9 Å². The Kier molecular flexibility index (Phi) is 5.45. The molecular formula is C16H21F2N4O4S+. The minimum atomic E-state index is -4.31. The maximum atomic E-state index is 13.9. The van der Waals surface area contributed by atoms with Gasteiger partial charge in [-0.05, 0) is 19.1 Å². The molecule has 1 aromatic rings. The fourth-order valence-electron chi connectivity index (χ4n) is 3.40. The van der Waals surface area contributed by atoms with E-state index in [1.807, 2.05) is 0 Å². The second-order valence-corrected chi connectivity index (χ2v) is 8.43. The molecule has 1 atom stereocenters. The van der Waals surface area contributed by atoms with Crippen LogP contribution in [0.15, 0.2) is 23.1 Å². The van der Waals surface area contributed by atoms with Crippen LogP contribution in [0.2, 0.25) is 0 Å². The van der Waals surface area contributed by atoms with Crippen molar-refractivity contribution in [2.75, 3.05) is 39.3 Å². The van der Waals surface area contributed by atoms with E-state index in [9.17, 15) is 26.8 Å². The number of nitrogens with zero attached hydrogens (tertiary/aromatic N) is 2. The summed E-state index contributed by atoms with van der Waals surface area (Å²) in [7, 11) is -4.31. The van der Waals surface area contributed by atoms with Crippen molar-refractivity contribution in [3.63, 3.8) is 0 Å². The number of benzene rings is 1. The zero-order chi connectivity index (χ0) is 19.8. The van der Waals surface area contributed by atoms with Crippen LogP contribution in [0.5, 0.6) is 0 Å². The summed E-state index contributed by atoms with van der Waals surface area (Å²) < 4.78 is 54.0. The van der Waals surface area contributed by atoms with Crippen LogP contribution in [0.25, 0.3) is 0 Å². The minimum Gasteiger partial charge on any atom is -0.336 e. The van der Waals surface area contributed by atoms with Crippen molar-refractivity contribution in [3.05, 3.63) is 29.8 Å². The molecule has 0 aliphatic carbocycles. The third-order valence-electron chi connectivity index (χ3n) is 4.99. The number of amides is 3. The maximum absolute atomic E-state index is 13.9. The number of carbonyl (C=O) groups is 2. The summed E-state index contributed by atoms with van der Waals surface area (Å²) in [6.45, 7) is 3.03. The fourth-order valence-corrected chi connectivity index (χ4v) is 4.95. The Morgan fingerprint density at radius 1 is 1.19 bits per heavy atom. The Balaban J connectivity index is 1.68. The second-order valence-electron chi connectivity index (χ2n) is 6.56. The lowest BCUT2D eigenvalue weighted by Crippen LogP contribution is -3.19. The van der Waals surface area contributed by atoms with Gasteiger partial charge < -0.3 is 10.2 Å². The van der Waals surface area contributed by atoms with Crippen molar-refractivity contribution in [2.24, 2.45) is 0 Å². The van der Waals surface area contributed by atoms with Gasteiger partial charge in [-0.15, -0.1) is 0 Å². The summed E-state index contributed by atoms with van der Waals surface area (Å²) >= 11 is 0. The van der Waals surface area contributed by atoms with Crippen LogP contribution in [0.3, 0.4) is 0 Å². The number of imide groups is 1. The third kappa shape index (κ3) is 3.66. The lowest BCUT2D eigenvalue weighted by Gasteiger charge is -2.34. The summed E-state index contributed by atoms with van der Waals surface area (Å²) in [6, 6.07) is 1.96. The van der Waals surface area contributed by atoms with Crippen molar-refractivity contribution >= 4 is 22.0 Å². The van der Waals surface area contributed by atoms with Gasteiger partial charge in [-0.25, -0.2) is 22.0 Å².